The van der Waals surface area contributed by atoms with Gasteiger partial charge in [-0.05, 0) is 43.4 Å². The maximum atomic E-state index is 2.55. The zero-order valence-corrected chi connectivity index (χ0v) is 20.6. The van der Waals surface area contributed by atoms with Crippen molar-refractivity contribution in [3.05, 3.63) is 126 Å². The lowest BCUT2D eigenvalue weighted by Gasteiger charge is -2.21. The van der Waals surface area contributed by atoms with E-state index in [0.29, 0.717) is 6.04 Å². The maximum Gasteiger partial charge on any atom is 0.0557 e. The molecule has 0 spiro atoms. The highest BCUT2D eigenvalue weighted by atomic mass is 15.0. The molecule has 3 aromatic carbocycles. The van der Waals surface area contributed by atoms with Gasteiger partial charge in [-0.15, -0.1) is 0 Å². The number of hydrogen-bond donors (Lipinski definition) is 0. The van der Waals surface area contributed by atoms with E-state index in [1.165, 1.54) is 38.9 Å². The van der Waals surface area contributed by atoms with E-state index in [4.69, 9.17) is 0 Å². The number of allylic oxidation sites excluding steroid dienone is 5. The number of rotatable bonds is 2. The molecule has 2 aliphatic carbocycles. The van der Waals surface area contributed by atoms with Crippen LogP contribution in [-0.2, 0) is 6.42 Å². The lowest BCUT2D eigenvalue weighted by atomic mass is 10.0. The Balaban J connectivity index is 0.000000160. The molecule has 0 saturated carbocycles. The average molecular weight is 446 g/mol. The third kappa shape index (κ3) is 5.15. The van der Waals surface area contributed by atoms with Crippen LogP contribution < -0.4 is 0 Å². The molecule has 4 aromatic rings. The first-order valence-electron chi connectivity index (χ1n) is 12.5. The molecule has 1 heteroatoms. The molecule has 1 atom stereocenters. The fourth-order valence-electron chi connectivity index (χ4n) is 4.80. The van der Waals surface area contributed by atoms with Crippen LogP contribution in [0.1, 0.15) is 49.6 Å². The first kappa shape index (κ1) is 23.6. The van der Waals surface area contributed by atoms with Crippen molar-refractivity contribution in [3.63, 3.8) is 0 Å². The third-order valence-corrected chi connectivity index (χ3v) is 6.30. The van der Waals surface area contributed by atoms with E-state index < -0.39 is 0 Å². The number of fused-ring (bicyclic) bond motifs is 3. The summed E-state index contributed by atoms with van der Waals surface area (Å²) in [7, 11) is 0. The van der Waals surface area contributed by atoms with Crippen molar-refractivity contribution in [1.29, 1.82) is 0 Å². The molecule has 0 fully saturated rings. The number of nitrogens with zero attached hydrogens (tertiary/aromatic N) is 1. The van der Waals surface area contributed by atoms with E-state index in [9.17, 15) is 0 Å². The molecule has 0 amide bonds. The first-order valence-corrected chi connectivity index (χ1v) is 12.5. The van der Waals surface area contributed by atoms with Crippen molar-refractivity contribution in [3.8, 4) is 11.1 Å². The summed E-state index contributed by atoms with van der Waals surface area (Å²) in [5.41, 5.74) is 8.20. The summed E-state index contributed by atoms with van der Waals surface area (Å²) in [6.07, 6.45) is 16.9. The normalized spacial score (nSPS) is 15.7. The quantitative estimate of drug-likeness (QED) is 0.290. The molecule has 0 N–H and O–H groups in total. The summed E-state index contributed by atoms with van der Waals surface area (Å²) < 4.78 is 2.55. The van der Waals surface area contributed by atoms with Crippen LogP contribution in [0, 0.1) is 6.92 Å². The predicted molar refractivity (Wildman–Crippen MR) is 149 cm³/mol. The van der Waals surface area contributed by atoms with Crippen LogP contribution >= 0.6 is 0 Å². The number of aromatic nitrogens is 1. The van der Waals surface area contributed by atoms with Gasteiger partial charge in [0.25, 0.3) is 0 Å². The molecular weight excluding hydrogens is 410 g/mol. The summed E-state index contributed by atoms with van der Waals surface area (Å²) >= 11 is 0. The lowest BCUT2D eigenvalue weighted by molar-refractivity contribution is 0.599. The molecule has 0 saturated heterocycles. The van der Waals surface area contributed by atoms with E-state index in [-0.39, 0.29) is 0 Å². The number of hydrogen-bond acceptors (Lipinski definition) is 0. The largest absolute Gasteiger partial charge is 0.337 e. The second-order valence-electron chi connectivity index (χ2n) is 8.54. The Kier molecular flexibility index (Phi) is 7.99. The summed E-state index contributed by atoms with van der Waals surface area (Å²) in [4.78, 5) is 0. The van der Waals surface area contributed by atoms with Crippen LogP contribution in [0.25, 0.3) is 28.1 Å². The van der Waals surface area contributed by atoms with Gasteiger partial charge in [0, 0.05) is 22.2 Å². The lowest BCUT2D eigenvalue weighted by Crippen LogP contribution is -2.11. The minimum absolute atomic E-state index is 0.477. The van der Waals surface area contributed by atoms with Crippen molar-refractivity contribution in [2.24, 2.45) is 0 Å². The van der Waals surface area contributed by atoms with Crippen LogP contribution in [-0.4, -0.2) is 4.57 Å². The molecule has 172 valence electrons. The molecule has 1 heterocycles. The molecule has 34 heavy (non-hydrogen) atoms. The molecule has 2 aliphatic rings. The Hall–Kier alpha value is -3.58. The van der Waals surface area contributed by atoms with Gasteiger partial charge in [-0.25, -0.2) is 0 Å². The Morgan fingerprint density at radius 1 is 0.765 bits per heavy atom. The van der Waals surface area contributed by atoms with E-state index in [1.54, 1.807) is 0 Å². The Bertz CT molecular complexity index is 1300. The van der Waals surface area contributed by atoms with Crippen LogP contribution in [0.4, 0.5) is 0 Å². The average Bonchev–Trinajstić information content (AvgIpc) is 3.26. The molecule has 1 unspecified atom stereocenters. The van der Waals surface area contributed by atoms with Gasteiger partial charge >= 0.3 is 0 Å². The van der Waals surface area contributed by atoms with E-state index in [0.717, 1.165) is 19.3 Å². The Labute approximate surface area is 204 Å². The second kappa shape index (κ2) is 11.5. The summed E-state index contributed by atoms with van der Waals surface area (Å²) in [6.45, 7) is 6.12. The highest BCUT2D eigenvalue weighted by Crippen LogP contribution is 2.35. The van der Waals surface area contributed by atoms with Crippen molar-refractivity contribution >= 4 is 17.0 Å². The third-order valence-electron chi connectivity index (χ3n) is 6.30. The molecule has 1 aromatic heterocycles. The van der Waals surface area contributed by atoms with Gasteiger partial charge in [-0.3, -0.25) is 0 Å². The zero-order chi connectivity index (χ0) is 23.8. The number of para-hydroxylation sites is 1. The van der Waals surface area contributed by atoms with Crippen molar-refractivity contribution in [2.45, 2.75) is 46.1 Å². The monoisotopic (exact) mass is 445 g/mol. The molecule has 0 radical (unpaired) electrons. The highest BCUT2D eigenvalue weighted by molar-refractivity contribution is 5.92. The summed E-state index contributed by atoms with van der Waals surface area (Å²) in [5.74, 6) is 0. The van der Waals surface area contributed by atoms with Gasteiger partial charge in [-0.2, -0.15) is 0 Å². The second-order valence-corrected chi connectivity index (χ2v) is 8.54. The van der Waals surface area contributed by atoms with Crippen molar-refractivity contribution in [1.82, 2.24) is 4.57 Å². The smallest absolute Gasteiger partial charge is 0.0557 e. The SMILES string of the molecule is C1=CCC(n2c3c(c4ccccc42)C=CCC3)C=C1.CC.Cc1cccc(-c2ccccc2)c1. The number of benzene rings is 3. The van der Waals surface area contributed by atoms with Crippen LogP contribution in [0.2, 0.25) is 0 Å². The molecule has 6 rings (SSSR count). The maximum absolute atomic E-state index is 2.55. The molecule has 1 nitrogen and oxygen atoms in total. The zero-order valence-electron chi connectivity index (χ0n) is 20.6. The van der Waals surface area contributed by atoms with Crippen LogP contribution in [0.3, 0.4) is 0 Å². The van der Waals surface area contributed by atoms with Crippen LogP contribution in [0.5, 0.6) is 0 Å². The van der Waals surface area contributed by atoms with E-state index in [1.807, 2.05) is 19.9 Å². The number of aryl methyl sites for hydroxylation is 1. The van der Waals surface area contributed by atoms with Gasteiger partial charge < -0.3 is 4.57 Å². The molecule has 0 bridgehead atoms. The van der Waals surface area contributed by atoms with Crippen molar-refractivity contribution < 1.29 is 0 Å². The Morgan fingerprint density at radius 2 is 1.53 bits per heavy atom. The van der Waals surface area contributed by atoms with Gasteiger partial charge in [0.2, 0.25) is 0 Å². The van der Waals surface area contributed by atoms with Gasteiger partial charge in [0.1, 0.15) is 0 Å². The van der Waals surface area contributed by atoms with Crippen LogP contribution in [0.15, 0.2) is 109 Å². The van der Waals surface area contributed by atoms with Gasteiger partial charge in [-0.1, -0.05) is 129 Å². The predicted octanol–water partition coefficient (Wildman–Crippen LogP) is 9.35. The molecule has 0 aliphatic heterocycles. The Morgan fingerprint density at radius 3 is 2.29 bits per heavy atom. The van der Waals surface area contributed by atoms with Gasteiger partial charge in [0.05, 0.1) is 6.04 Å². The highest BCUT2D eigenvalue weighted by Gasteiger charge is 2.21. The summed E-state index contributed by atoms with van der Waals surface area (Å²) in [5, 5.41) is 1.40. The fraction of sp³-hybridized carbons (Fsp3) is 0.212. The topological polar surface area (TPSA) is 4.93 Å². The van der Waals surface area contributed by atoms with Crippen molar-refractivity contribution in [2.75, 3.05) is 0 Å². The fourth-order valence-corrected chi connectivity index (χ4v) is 4.80. The first-order chi connectivity index (χ1) is 16.8. The molecular formula is C33H35N. The standard InChI is InChI=1S/C18H17N.C13H12.C2H6/c1-2-8-14(9-3-1)19-17-12-6-4-10-15(17)16-11-5-7-13-18(16)19;1-11-6-5-9-13(10-11)12-7-3-2-4-8-12;1-2/h1-6,8,10-12,14H,7,9,13H2;2-10H,1H3;1-2H3. The summed E-state index contributed by atoms with van der Waals surface area (Å²) in [6, 6.07) is 28.3. The van der Waals surface area contributed by atoms with E-state index in [2.05, 4.69) is 121 Å². The minimum Gasteiger partial charge on any atom is -0.337 e. The van der Waals surface area contributed by atoms with E-state index >= 15 is 0 Å². The minimum atomic E-state index is 0.477. The van der Waals surface area contributed by atoms with Gasteiger partial charge in [0.15, 0.2) is 0 Å².